The Bertz CT molecular complexity index is 437. The van der Waals surface area contributed by atoms with Gasteiger partial charge in [-0.15, -0.1) is 0 Å². The van der Waals surface area contributed by atoms with Gasteiger partial charge in [0.15, 0.2) is 5.69 Å². The van der Waals surface area contributed by atoms with Crippen LogP contribution in [0.15, 0.2) is 12.4 Å². The van der Waals surface area contributed by atoms with Crippen molar-refractivity contribution in [2.45, 2.75) is 27.4 Å². The van der Waals surface area contributed by atoms with Gasteiger partial charge in [0.05, 0.1) is 5.41 Å². The molecule has 0 aliphatic rings. The van der Waals surface area contributed by atoms with Crippen molar-refractivity contribution in [3.8, 4) is 0 Å². The monoisotopic (exact) mass is 238 g/mol. The number of aromatic nitrogens is 2. The fraction of sp³-hybridized carbons (Fsp3) is 0.455. The molecule has 0 aliphatic carbocycles. The first-order valence-corrected chi connectivity index (χ1v) is 5.03. The van der Waals surface area contributed by atoms with Crippen molar-refractivity contribution in [1.82, 2.24) is 9.97 Å². The van der Waals surface area contributed by atoms with Crippen LogP contribution in [-0.4, -0.2) is 27.0 Å². The van der Waals surface area contributed by atoms with Crippen LogP contribution in [0, 0.1) is 5.41 Å². The van der Waals surface area contributed by atoms with E-state index in [1.165, 1.54) is 12.4 Å². The SMILES string of the molecule is CC(C)(C)C(=O)OCc1nccnc1C(=O)O. The average molecular weight is 238 g/mol. The lowest BCUT2D eigenvalue weighted by atomic mass is 9.97. The molecule has 1 aromatic heterocycles. The summed E-state index contributed by atoms with van der Waals surface area (Å²) in [5, 5.41) is 8.85. The molecule has 0 aromatic carbocycles. The van der Waals surface area contributed by atoms with Gasteiger partial charge in [-0.3, -0.25) is 9.78 Å². The Hall–Kier alpha value is -1.98. The molecule has 0 unspecified atom stereocenters. The third-order valence-electron chi connectivity index (χ3n) is 1.93. The zero-order chi connectivity index (χ0) is 13.1. The van der Waals surface area contributed by atoms with Crippen LogP contribution >= 0.6 is 0 Å². The van der Waals surface area contributed by atoms with Crippen molar-refractivity contribution >= 4 is 11.9 Å². The molecule has 0 saturated heterocycles. The molecular formula is C11H14N2O4. The number of ether oxygens (including phenoxy) is 1. The van der Waals surface area contributed by atoms with Crippen LogP contribution in [0.25, 0.3) is 0 Å². The highest BCUT2D eigenvalue weighted by atomic mass is 16.5. The van der Waals surface area contributed by atoms with E-state index in [0.717, 1.165) is 0 Å². The van der Waals surface area contributed by atoms with Crippen LogP contribution in [0.3, 0.4) is 0 Å². The van der Waals surface area contributed by atoms with Gasteiger partial charge in [-0.25, -0.2) is 9.78 Å². The summed E-state index contributed by atoms with van der Waals surface area (Å²) >= 11 is 0. The molecule has 1 N–H and O–H groups in total. The topological polar surface area (TPSA) is 89.4 Å². The molecule has 1 aromatic rings. The van der Waals surface area contributed by atoms with E-state index in [-0.39, 0.29) is 18.0 Å². The van der Waals surface area contributed by atoms with Gasteiger partial charge in [0.2, 0.25) is 0 Å². The highest BCUT2D eigenvalue weighted by Crippen LogP contribution is 2.16. The quantitative estimate of drug-likeness (QED) is 0.797. The number of hydrogen-bond acceptors (Lipinski definition) is 5. The van der Waals surface area contributed by atoms with Gasteiger partial charge in [0, 0.05) is 12.4 Å². The molecule has 0 saturated carbocycles. The standard InChI is InChI=1S/C11H14N2O4/c1-11(2,3)10(16)17-6-7-8(9(14)15)13-5-4-12-7/h4-5H,6H2,1-3H3,(H,14,15). The van der Waals surface area contributed by atoms with E-state index in [4.69, 9.17) is 9.84 Å². The van der Waals surface area contributed by atoms with E-state index in [1.54, 1.807) is 20.8 Å². The molecule has 1 rings (SSSR count). The summed E-state index contributed by atoms with van der Waals surface area (Å²) in [6.45, 7) is 4.95. The molecule has 6 heteroatoms. The van der Waals surface area contributed by atoms with Gasteiger partial charge >= 0.3 is 11.9 Å². The van der Waals surface area contributed by atoms with Gasteiger partial charge in [-0.2, -0.15) is 0 Å². The molecule has 0 amide bonds. The lowest BCUT2D eigenvalue weighted by Crippen LogP contribution is -2.23. The molecule has 1 heterocycles. The number of carboxylic acid groups (broad SMARTS) is 1. The molecular weight excluding hydrogens is 224 g/mol. The zero-order valence-corrected chi connectivity index (χ0v) is 9.93. The highest BCUT2D eigenvalue weighted by molar-refractivity contribution is 5.86. The summed E-state index contributed by atoms with van der Waals surface area (Å²) < 4.78 is 4.98. The average Bonchev–Trinajstić information content (AvgIpc) is 2.24. The van der Waals surface area contributed by atoms with Gasteiger partial charge in [-0.05, 0) is 20.8 Å². The summed E-state index contributed by atoms with van der Waals surface area (Å²) in [6, 6.07) is 0. The number of nitrogens with zero attached hydrogens (tertiary/aromatic N) is 2. The fourth-order valence-electron chi connectivity index (χ4n) is 1.00. The lowest BCUT2D eigenvalue weighted by molar-refractivity contribution is -0.154. The van der Waals surface area contributed by atoms with Crippen molar-refractivity contribution < 1.29 is 19.4 Å². The summed E-state index contributed by atoms with van der Waals surface area (Å²) in [4.78, 5) is 29.8. The Labute approximate surface area is 98.7 Å². The maximum atomic E-state index is 11.5. The number of carbonyl (C=O) groups is 2. The van der Waals surface area contributed by atoms with E-state index in [2.05, 4.69) is 9.97 Å². The second kappa shape index (κ2) is 4.90. The first-order valence-electron chi connectivity index (χ1n) is 5.03. The highest BCUT2D eigenvalue weighted by Gasteiger charge is 2.24. The normalized spacial score (nSPS) is 11.0. The number of esters is 1. The van der Waals surface area contributed by atoms with E-state index in [9.17, 15) is 9.59 Å². The molecule has 0 radical (unpaired) electrons. The van der Waals surface area contributed by atoms with E-state index < -0.39 is 17.4 Å². The van der Waals surface area contributed by atoms with E-state index >= 15 is 0 Å². The minimum absolute atomic E-state index is 0.137. The Morgan fingerprint density at radius 1 is 1.29 bits per heavy atom. The summed E-state index contributed by atoms with van der Waals surface area (Å²) in [6.07, 6.45) is 2.63. The Morgan fingerprint density at radius 3 is 2.41 bits per heavy atom. The lowest BCUT2D eigenvalue weighted by Gasteiger charge is -2.16. The van der Waals surface area contributed by atoms with Gasteiger partial charge in [0.25, 0.3) is 0 Å². The Morgan fingerprint density at radius 2 is 1.88 bits per heavy atom. The number of hydrogen-bond donors (Lipinski definition) is 1. The predicted octanol–water partition coefficient (Wildman–Crippen LogP) is 1.26. The Kier molecular flexibility index (Phi) is 3.77. The number of rotatable bonds is 3. The van der Waals surface area contributed by atoms with Crippen molar-refractivity contribution in [1.29, 1.82) is 0 Å². The smallest absolute Gasteiger partial charge is 0.356 e. The second-order valence-corrected chi connectivity index (χ2v) is 4.48. The first kappa shape index (κ1) is 13.1. The summed E-state index contributed by atoms with van der Waals surface area (Å²) in [5.41, 5.74) is -0.696. The van der Waals surface area contributed by atoms with Gasteiger partial charge < -0.3 is 9.84 Å². The maximum absolute atomic E-state index is 11.5. The first-order chi connectivity index (χ1) is 7.82. The van der Waals surface area contributed by atoms with Crippen LogP contribution in [0.2, 0.25) is 0 Å². The van der Waals surface area contributed by atoms with E-state index in [0.29, 0.717) is 0 Å². The van der Waals surface area contributed by atoms with Crippen LogP contribution in [-0.2, 0) is 16.1 Å². The fourth-order valence-corrected chi connectivity index (χ4v) is 1.00. The predicted molar refractivity (Wildman–Crippen MR) is 58.2 cm³/mol. The Balaban J connectivity index is 2.77. The zero-order valence-electron chi connectivity index (χ0n) is 9.93. The third-order valence-corrected chi connectivity index (χ3v) is 1.93. The van der Waals surface area contributed by atoms with E-state index in [1.807, 2.05) is 0 Å². The van der Waals surface area contributed by atoms with Gasteiger partial charge in [-0.1, -0.05) is 0 Å². The second-order valence-electron chi connectivity index (χ2n) is 4.48. The molecule has 6 nitrogen and oxygen atoms in total. The van der Waals surface area contributed by atoms with Crippen molar-refractivity contribution in [3.63, 3.8) is 0 Å². The molecule has 0 fully saturated rings. The minimum atomic E-state index is -1.19. The third kappa shape index (κ3) is 3.51. The van der Waals surface area contributed by atoms with Crippen molar-refractivity contribution in [2.24, 2.45) is 5.41 Å². The number of carbonyl (C=O) groups excluding carboxylic acids is 1. The molecule has 0 aliphatic heterocycles. The molecule has 0 atom stereocenters. The molecule has 0 bridgehead atoms. The van der Waals surface area contributed by atoms with Crippen LogP contribution in [0.4, 0.5) is 0 Å². The van der Waals surface area contributed by atoms with Crippen LogP contribution in [0.1, 0.15) is 37.0 Å². The van der Waals surface area contributed by atoms with Gasteiger partial charge in [0.1, 0.15) is 12.3 Å². The summed E-state index contributed by atoms with van der Waals surface area (Å²) in [5.74, 6) is -1.61. The number of carboxylic acids is 1. The minimum Gasteiger partial charge on any atom is -0.476 e. The maximum Gasteiger partial charge on any atom is 0.356 e. The summed E-state index contributed by atoms with van der Waals surface area (Å²) in [7, 11) is 0. The van der Waals surface area contributed by atoms with Crippen molar-refractivity contribution in [3.05, 3.63) is 23.8 Å². The molecule has 92 valence electrons. The van der Waals surface area contributed by atoms with Crippen molar-refractivity contribution in [2.75, 3.05) is 0 Å². The molecule has 0 spiro atoms. The molecule has 17 heavy (non-hydrogen) atoms. The largest absolute Gasteiger partial charge is 0.476 e. The van der Waals surface area contributed by atoms with Crippen LogP contribution < -0.4 is 0 Å². The number of aromatic carboxylic acids is 1. The van der Waals surface area contributed by atoms with Crippen LogP contribution in [0.5, 0.6) is 0 Å².